The van der Waals surface area contributed by atoms with Crippen molar-refractivity contribution in [2.24, 2.45) is 5.92 Å². The number of carboxylic acid groups (broad SMARTS) is 1. The van der Waals surface area contributed by atoms with Gasteiger partial charge >= 0.3 is 12.1 Å². The number of carboxylic acids is 1. The van der Waals surface area contributed by atoms with Crippen molar-refractivity contribution in [2.45, 2.75) is 32.6 Å². The van der Waals surface area contributed by atoms with E-state index in [2.05, 4.69) is 29.6 Å². The number of hydrogen-bond donors (Lipinski definition) is 2. The molecule has 5 nitrogen and oxygen atoms in total. The molecule has 0 unspecified atom stereocenters. The first-order valence-electron chi connectivity index (χ1n) is 9.98. The molecular weight excluding hydrogens is 366 g/mol. The monoisotopic (exact) mass is 393 g/mol. The fourth-order valence-corrected chi connectivity index (χ4v) is 3.77. The molecule has 2 aromatic carbocycles. The third-order valence-electron chi connectivity index (χ3n) is 5.05. The van der Waals surface area contributed by atoms with Gasteiger partial charge in [-0.05, 0) is 41.0 Å². The quantitative estimate of drug-likeness (QED) is 0.490. The second-order valence-electron chi connectivity index (χ2n) is 7.67. The molecule has 0 saturated carbocycles. The molecule has 1 amide bonds. The van der Waals surface area contributed by atoms with Gasteiger partial charge in [-0.15, -0.1) is 0 Å². The van der Waals surface area contributed by atoms with Crippen molar-refractivity contribution < 1.29 is 19.4 Å². The largest absolute Gasteiger partial charge is 0.478 e. The zero-order valence-electron chi connectivity index (χ0n) is 16.9. The highest BCUT2D eigenvalue weighted by atomic mass is 16.5. The van der Waals surface area contributed by atoms with Gasteiger partial charge in [0.15, 0.2) is 0 Å². The van der Waals surface area contributed by atoms with Gasteiger partial charge in [0, 0.05) is 18.0 Å². The molecule has 0 atom stereocenters. The molecule has 2 aromatic rings. The molecule has 0 heterocycles. The fourth-order valence-electron chi connectivity index (χ4n) is 3.77. The van der Waals surface area contributed by atoms with Crippen LogP contribution >= 0.6 is 0 Å². The Morgan fingerprint density at radius 1 is 1.07 bits per heavy atom. The number of aliphatic carboxylic acids is 1. The first-order chi connectivity index (χ1) is 14.0. The number of carbonyl (C=O) groups is 2. The molecule has 3 rings (SSSR count). The van der Waals surface area contributed by atoms with Gasteiger partial charge in [0.05, 0.1) is 0 Å². The van der Waals surface area contributed by atoms with Gasteiger partial charge in [0.1, 0.15) is 6.61 Å². The summed E-state index contributed by atoms with van der Waals surface area (Å²) in [5.74, 6) is -0.606. The Labute approximate surface area is 171 Å². The van der Waals surface area contributed by atoms with Crippen LogP contribution in [0, 0.1) is 5.92 Å². The van der Waals surface area contributed by atoms with Crippen LogP contribution in [-0.2, 0) is 9.53 Å². The Morgan fingerprint density at radius 2 is 1.66 bits per heavy atom. The molecule has 0 fully saturated rings. The van der Waals surface area contributed by atoms with E-state index in [1.807, 2.05) is 38.1 Å². The van der Waals surface area contributed by atoms with Gasteiger partial charge in [0.2, 0.25) is 0 Å². The fraction of sp³-hybridized carbons (Fsp3) is 0.333. The first kappa shape index (κ1) is 20.6. The normalized spacial score (nSPS) is 13.1. The Hall–Kier alpha value is -3.08. The summed E-state index contributed by atoms with van der Waals surface area (Å²) in [5.41, 5.74) is 5.10. The van der Waals surface area contributed by atoms with E-state index in [9.17, 15) is 14.7 Å². The molecule has 0 saturated heterocycles. The van der Waals surface area contributed by atoms with Crippen molar-refractivity contribution in [3.63, 3.8) is 0 Å². The van der Waals surface area contributed by atoms with Crippen molar-refractivity contribution in [3.05, 3.63) is 71.3 Å². The second kappa shape index (κ2) is 9.41. The Balaban J connectivity index is 1.53. The number of ether oxygens (including phenoxy) is 1. The highest BCUT2D eigenvalue weighted by Gasteiger charge is 2.28. The SMILES string of the molecule is CC(C)CC(=CCCNC(=O)OCC1c2ccccc2-c2ccccc21)C(=O)O. The Kier molecular flexibility index (Phi) is 6.70. The lowest BCUT2D eigenvalue weighted by Gasteiger charge is -2.14. The van der Waals surface area contributed by atoms with E-state index < -0.39 is 12.1 Å². The predicted octanol–water partition coefficient (Wildman–Crippen LogP) is 4.97. The van der Waals surface area contributed by atoms with Crippen LogP contribution in [0.4, 0.5) is 4.79 Å². The van der Waals surface area contributed by atoms with Crippen molar-refractivity contribution in [1.82, 2.24) is 5.32 Å². The average molecular weight is 393 g/mol. The molecule has 2 N–H and O–H groups in total. The van der Waals surface area contributed by atoms with Gasteiger partial charge in [-0.3, -0.25) is 0 Å². The van der Waals surface area contributed by atoms with Gasteiger partial charge in [0.25, 0.3) is 0 Å². The molecule has 1 aliphatic rings. The molecule has 29 heavy (non-hydrogen) atoms. The van der Waals surface area contributed by atoms with E-state index in [1.165, 1.54) is 22.3 Å². The lowest BCUT2D eigenvalue weighted by atomic mass is 9.98. The number of amides is 1. The van der Waals surface area contributed by atoms with Crippen LogP contribution in [0.25, 0.3) is 11.1 Å². The highest BCUT2D eigenvalue weighted by molar-refractivity contribution is 5.86. The molecule has 0 spiro atoms. The van der Waals surface area contributed by atoms with Crippen LogP contribution in [0.2, 0.25) is 0 Å². The summed E-state index contributed by atoms with van der Waals surface area (Å²) in [7, 11) is 0. The third kappa shape index (κ3) is 5.05. The summed E-state index contributed by atoms with van der Waals surface area (Å²) < 4.78 is 5.47. The highest BCUT2D eigenvalue weighted by Crippen LogP contribution is 2.44. The van der Waals surface area contributed by atoms with E-state index in [1.54, 1.807) is 6.08 Å². The Bertz CT molecular complexity index is 871. The van der Waals surface area contributed by atoms with Gasteiger partial charge in [-0.25, -0.2) is 9.59 Å². The summed E-state index contributed by atoms with van der Waals surface area (Å²) in [5, 5.41) is 11.9. The standard InChI is InChI=1S/C24H27NO4/c1-16(2)14-17(23(26)27)8-7-13-25-24(28)29-15-22-20-11-5-3-9-18(20)19-10-4-6-12-21(19)22/h3-6,8-12,16,22H,7,13-15H2,1-2H3,(H,25,28)(H,26,27). The van der Waals surface area contributed by atoms with Gasteiger partial charge in [-0.2, -0.15) is 0 Å². The molecular formula is C24H27NO4. The van der Waals surface area contributed by atoms with Crippen LogP contribution in [-0.4, -0.2) is 30.3 Å². The molecule has 0 bridgehead atoms. The minimum absolute atomic E-state index is 0.0256. The number of carbonyl (C=O) groups excluding carboxylic acids is 1. The molecule has 152 valence electrons. The van der Waals surface area contributed by atoms with E-state index in [-0.39, 0.29) is 18.4 Å². The van der Waals surface area contributed by atoms with Crippen LogP contribution in [0.5, 0.6) is 0 Å². The second-order valence-corrected chi connectivity index (χ2v) is 7.67. The number of alkyl carbamates (subject to hydrolysis) is 1. The van der Waals surface area contributed by atoms with E-state index in [0.717, 1.165) is 0 Å². The molecule has 0 aromatic heterocycles. The van der Waals surface area contributed by atoms with E-state index >= 15 is 0 Å². The molecule has 5 heteroatoms. The van der Waals surface area contributed by atoms with Crippen LogP contribution in [0.3, 0.4) is 0 Å². The molecule has 1 aliphatic carbocycles. The summed E-state index contributed by atoms with van der Waals surface area (Å²) in [6, 6.07) is 16.4. The maximum absolute atomic E-state index is 12.1. The van der Waals surface area contributed by atoms with Gasteiger partial charge < -0.3 is 15.2 Å². The van der Waals surface area contributed by atoms with Crippen molar-refractivity contribution in [2.75, 3.05) is 13.2 Å². The van der Waals surface area contributed by atoms with Crippen LogP contribution in [0.15, 0.2) is 60.2 Å². The first-order valence-corrected chi connectivity index (χ1v) is 9.98. The maximum atomic E-state index is 12.1. The lowest BCUT2D eigenvalue weighted by molar-refractivity contribution is -0.132. The number of hydrogen-bond acceptors (Lipinski definition) is 3. The predicted molar refractivity (Wildman–Crippen MR) is 113 cm³/mol. The molecule has 0 radical (unpaired) electrons. The zero-order valence-corrected chi connectivity index (χ0v) is 16.9. The van der Waals surface area contributed by atoms with Crippen molar-refractivity contribution in [1.29, 1.82) is 0 Å². The zero-order chi connectivity index (χ0) is 20.8. The van der Waals surface area contributed by atoms with E-state index in [4.69, 9.17) is 4.74 Å². The third-order valence-corrected chi connectivity index (χ3v) is 5.05. The average Bonchev–Trinajstić information content (AvgIpc) is 3.02. The smallest absolute Gasteiger partial charge is 0.407 e. The number of rotatable bonds is 8. The maximum Gasteiger partial charge on any atom is 0.407 e. The Morgan fingerprint density at radius 3 is 2.21 bits per heavy atom. The lowest BCUT2D eigenvalue weighted by Crippen LogP contribution is -2.26. The van der Waals surface area contributed by atoms with Crippen molar-refractivity contribution in [3.8, 4) is 11.1 Å². The summed E-state index contributed by atoms with van der Waals surface area (Å²) in [6.45, 7) is 4.56. The summed E-state index contributed by atoms with van der Waals surface area (Å²) in [4.78, 5) is 23.3. The van der Waals surface area contributed by atoms with E-state index in [0.29, 0.717) is 25.0 Å². The molecule has 0 aliphatic heterocycles. The number of benzene rings is 2. The summed E-state index contributed by atoms with van der Waals surface area (Å²) in [6.07, 6.45) is 2.16. The van der Waals surface area contributed by atoms with Crippen LogP contribution < -0.4 is 5.32 Å². The topological polar surface area (TPSA) is 75.6 Å². The minimum Gasteiger partial charge on any atom is -0.478 e. The number of nitrogens with one attached hydrogen (secondary N) is 1. The minimum atomic E-state index is -0.903. The van der Waals surface area contributed by atoms with Gasteiger partial charge in [-0.1, -0.05) is 68.5 Å². The van der Waals surface area contributed by atoms with Crippen molar-refractivity contribution >= 4 is 12.1 Å². The van der Waals surface area contributed by atoms with Crippen LogP contribution in [0.1, 0.15) is 43.7 Å². The summed E-state index contributed by atoms with van der Waals surface area (Å²) >= 11 is 0. The number of fused-ring (bicyclic) bond motifs is 3.